The normalized spacial score (nSPS) is 28.2. The number of hydrogen-bond acceptors (Lipinski definition) is 3. The van der Waals surface area contributed by atoms with Crippen LogP contribution in [-0.4, -0.2) is 27.5 Å². The van der Waals surface area contributed by atoms with Gasteiger partial charge in [0.1, 0.15) is 12.2 Å². The van der Waals surface area contributed by atoms with Crippen LogP contribution in [0.2, 0.25) is 0 Å². The van der Waals surface area contributed by atoms with Gasteiger partial charge in [0.05, 0.1) is 6.10 Å². The van der Waals surface area contributed by atoms with Gasteiger partial charge in [-0.15, -0.1) is 10.2 Å². The van der Waals surface area contributed by atoms with E-state index in [2.05, 4.69) is 17.1 Å². The molecular weight excluding hydrogens is 166 g/mol. The zero-order chi connectivity index (χ0) is 9.26. The number of ether oxygens (including phenoxy) is 1. The summed E-state index contributed by atoms with van der Waals surface area (Å²) in [6.45, 7) is 3.01. The highest BCUT2D eigenvalue weighted by molar-refractivity contribution is 5.01. The Hall–Kier alpha value is -0.900. The minimum atomic E-state index is 0.336. The van der Waals surface area contributed by atoms with E-state index in [-0.39, 0.29) is 0 Å². The van der Waals surface area contributed by atoms with E-state index in [0.717, 1.165) is 25.3 Å². The molecule has 0 bridgehead atoms. The molecule has 2 unspecified atom stereocenters. The highest BCUT2D eigenvalue weighted by Gasteiger charge is 2.31. The molecule has 1 saturated heterocycles. The number of hydrogen-bond donors (Lipinski definition) is 0. The molecule has 0 aromatic carbocycles. The summed E-state index contributed by atoms with van der Waals surface area (Å²) in [6, 6.07) is 0. The average molecular weight is 181 g/mol. The summed E-state index contributed by atoms with van der Waals surface area (Å²) in [5.74, 6) is 1.50. The van der Waals surface area contributed by atoms with Crippen molar-refractivity contribution in [3.8, 4) is 0 Å². The maximum Gasteiger partial charge on any atom is 0.138 e. The zero-order valence-electron chi connectivity index (χ0n) is 8.10. The topological polar surface area (TPSA) is 39.9 Å². The average Bonchev–Trinajstić information content (AvgIpc) is 2.71. The van der Waals surface area contributed by atoms with Crippen molar-refractivity contribution in [1.82, 2.24) is 14.8 Å². The first-order valence-electron chi connectivity index (χ1n) is 4.78. The van der Waals surface area contributed by atoms with E-state index in [0.29, 0.717) is 12.0 Å². The summed E-state index contributed by atoms with van der Waals surface area (Å²) in [4.78, 5) is 0. The second-order valence-electron chi connectivity index (χ2n) is 3.51. The van der Waals surface area contributed by atoms with Crippen molar-refractivity contribution in [2.75, 3.05) is 6.61 Å². The molecule has 0 radical (unpaired) electrons. The van der Waals surface area contributed by atoms with Crippen molar-refractivity contribution >= 4 is 0 Å². The standard InChI is InChI=1S/C9H15N3O/c1-3-8-7(4-5-13-8)9-11-10-6-12(9)2/h6-8H,3-5H2,1-2H3. The molecular formula is C9H15N3O. The molecule has 0 amide bonds. The molecule has 2 rings (SSSR count). The van der Waals surface area contributed by atoms with Crippen LogP contribution in [0.5, 0.6) is 0 Å². The molecule has 0 spiro atoms. The van der Waals surface area contributed by atoms with E-state index < -0.39 is 0 Å². The van der Waals surface area contributed by atoms with E-state index in [9.17, 15) is 0 Å². The van der Waals surface area contributed by atoms with Crippen molar-refractivity contribution in [3.63, 3.8) is 0 Å². The first-order valence-corrected chi connectivity index (χ1v) is 4.78. The Kier molecular flexibility index (Phi) is 2.31. The molecule has 1 fully saturated rings. The van der Waals surface area contributed by atoms with Crippen molar-refractivity contribution in [2.24, 2.45) is 7.05 Å². The van der Waals surface area contributed by atoms with Gasteiger partial charge >= 0.3 is 0 Å². The minimum absolute atomic E-state index is 0.336. The van der Waals surface area contributed by atoms with E-state index in [4.69, 9.17) is 4.74 Å². The molecule has 1 aromatic heterocycles. The highest BCUT2D eigenvalue weighted by atomic mass is 16.5. The van der Waals surface area contributed by atoms with Gasteiger partial charge in [0.2, 0.25) is 0 Å². The fraction of sp³-hybridized carbons (Fsp3) is 0.778. The van der Waals surface area contributed by atoms with Crippen LogP contribution in [0.15, 0.2) is 6.33 Å². The third-order valence-corrected chi connectivity index (χ3v) is 2.69. The minimum Gasteiger partial charge on any atom is -0.377 e. The van der Waals surface area contributed by atoms with E-state index in [1.54, 1.807) is 6.33 Å². The molecule has 4 nitrogen and oxygen atoms in total. The molecule has 1 aliphatic rings. The van der Waals surface area contributed by atoms with Crippen LogP contribution < -0.4 is 0 Å². The Morgan fingerprint density at radius 3 is 3.15 bits per heavy atom. The summed E-state index contributed by atoms with van der Waals surface area (Å²) >= 11 is 0. The second-order valence-corrected chi connectivity index (χ2v) is 3.51. The summed E-state index contributed by atoms with van der Waals surface area (Å²) in [7, 11) is 1.99. The number of aromatic nitrogens is 3. The van der Waals surface area contributed by atoms with E-state index in [1.165, 1.54) is 0 Å². The largest absolute Gasteiger partial charge is 0.377 e. The van der Waals surface area contributed by atoms with Crippen LogP contribution in [0.3, 0.4) is 0 Å². The predicted octanol–water partition coefficient (Wildman–Crippen LogP) is 1.10. The number of rotatable bonds is 2. The Morgan fingerprint density at radius 1 is 1.69 bits per heavy atom. The molecule has 1 aliphatic heterocycles. The van der Waals surface area contributed by atoms with Gasteiger partial charge in [-0.1, -0.05) is 6.92 Å². The van der Waals surface area contributed by atoms with Crippen LogP contribution >= 0.6 is 0 Å². The lowest BCUT2D eigenvalue weighted by molar-refractivity contribution is 0.0989. The van der Waals surface area contributed by atoms with Gasteiger partial charge < -0.3 is 9.30 Å². The SMILES string of the molecule is CCC1OCCC1c1nncn1C. The van der Waals surface area contributed by atoms with Crippen LogP contribution in [0.4, 0.5) is 0 Å². The molecule has 1 aromatic rings. The molecule has 13 heavy (non-hydrogen) atoms. The van der Waals surface area contributed by atoms with Crippen LogP contribution in [0.25, 0.3) is 0 Å². The van der Waals surface area contributed by atoms with Gasteiger partial charge in [0.15, 0.2) is 0 Å². The summed E-state index contributed by atoms with van der Waals surface area (Å²) in [6.07, 6.45) is 4.21. The van der Waals surface area contributed by atoms with Crippen molar-refractivity contribution < 1.29 is 4.74 Å². The van der Waals surface area contributed by atoms with E-state index in [1.807, 2.05) is 11.6 Å². The zero-order valence-corrected chi connectivity index (χ0v) is 8.10. The third kappa shape index (κ3) is 1.46. The molecule has 0 N–H and O–H groups in total. The summed E-state index contributed by atoms with van der Waals surface area (Å²) in [5, 5.41) is 8.02. The van der Waals surface area contributed by atoms with E-state index >= 15 is 0 Å². The maximum atomic E-state index is 5.61. The first kappa shape index (κ1) is 8.69. The van der Waals surface area contributed by atoms with Gasteiger partial charge in [-0.05, 0) is 12.8 Å². The number of nitrogens with zero attached hydrogens (tertiary/aromatic N) is 3. The molecule has 2 atom stereocenters. The third-order valence-electron chi connectivity index (χ3n) is 2.69. The Balaban J connectivity index is 2.20. The van der Waals surface area contributed by atoms with Crippen molar-refractivity contribution in [2.45, 2.75) is 31.8 Å². The fourth-order valence-electron chi connectivity index (χ4n) is 1.97. The second kappa shape index (κ2) is 3.46. The molecule has 0 aliphatic carbocycles. The Labute approximate surface area is 77.9 Å². The lowest BCUT2D eigenvalue weighted by atomic mass is 9.99. The smallest absolute Gasteiger partial charge is 0.138 e. The lowest BCUT2D eigenvalue weighted by Gasteiger charge is -2.15. The summed E-state index contributed by atoms with van der Waals surface area (Å²) < 4.78 is 7.60. The number of aryl methyl sites for hydroxylation is 1. The van der Waals surface area contributed by atoms with Gasteiger partial charge in [-0.2, -0.15) is 0 Å². The van der Waals surface area contributed by atoms with Gasteiger partial charge in [-0.25, -0.2) is 0 Å². The predicted molar refractivity (Wildman–Crippen MR) is 48.4 cm³/mol. The fourth-order valence-corrected chi connectivity index (χ4v) is 1.97. The lowest BCUT2D eigenvalue weighted by Crippen LogP contribution is -2.16. The van der Waals surface area contributed by atoms with Crippen LogP contribution in [-0.2, 0) is 11.8 Å². The molecule has 0 saturated carbocycles. The quantitative estimate of drug-likeness (QED) is 0.686. The monoisotopic (exact) mass is 181 g/mol. The molecule has 4 heteroatoms. The van der Waals surface area contributed by atoms with Gasteiger partial charge in [-0.3, -0.25) is 0 Å². The highest BCUT2D eigenvalue weighted by Crippen LogP contribution is 2.31. The van der Waals surface area contributed by atoms with Crippen molar-refractivity contribution in [1.29, 1.82) is 0 Å². The van der Waals surface area contributed by atoms with Crippen LogP contribution in [0.1, 0.15) is 31.5 Å². The molecule has 72 valence electrons. The molecule has 2 heterocycles. The van der Waals surface area contributed by atoms with Crippen molar-refractivity contribution in [3.05, 3.63) is 12.2 Å². The van der Waals surface area contributed by atoms with Gasteiger partial charge in [0, 0.05) is 19.6 Å². The van der Waals surface area contributed by atoms with Crippen LogP contribution in [0, 0.1) is 0 Å². The first-order chi connectivity index (χ1) is 6.33. The Morgan fingerprint density at radius 2 is 2.54 bits per heavy atom. The maximum absolute atomic E-state index is 5.61. The summed E-state index contributed by atoms with van der Waals surface area (Å²) in [5.41, 5.74) is 0. The van der Waals surface area contributed by atoms with Gasteiger partial charge in [0.25, 0.3) is 0 Å². The Bertz CT molecular complexity index is 284.